The highest BCUT2D eigenvalue weighted by atomic mass is 19.1. The minimum atomic E-state index is -1.07. The molecule has 0 spiro atoms. The largest absolute Gasteiger partial charge is 0.377 e. The number of anilines is 1. The van der Waals surface area contributed by atoms with Crippen molar-refractivity contribution in [3.05, 3.63) is 28.2 Å². The Bertz CT molecular complexity index is 435. The Morgan fingerprint density at radius 3 is 2.87 bits per heavy atom. The molecule has 1 heterocycles. The van der Waals surface area contributed by atoms with Crippen molar-refractivity contribution in [3.8, 4) is 0 Å². The summed E-state index contributed by atoms with van der Waals surface area (Å²) in [7, 11) is 1.70. The van der Waals surface area contributed by atoms with Gasteiger partial charge in [0.25, 0.3) is 5.56 Å². The highest BCUT2D eigenvalue weighted by Crippen LogP contribution is 2.39. The van der Waals surface area contributed by atoms with Crippen LogP contribution in [0.5, 0.6) is 0 Å². The Morgan fingerprint density at radius 2 is 2.27 bits per heavy atom. The fourth-order valence-corrected chi connectivity index (χ4v) is 1.57. The van der Waals surface area contributed by atoms with Crippen molar-refractivity contribution in [1.82, 2.24) is 4.57 Å². The van der Waals surface area contributed by atoms with E-state index in [9.17, 15) is 9.18 Å². The van der Waals surface area contributed by atoms with Crippen LogP contribution in [0, 0.1) is 6.92 Å². The van der Waals surface area contributed by atoms with Gasteiger partial charge >= 0.3 is 0 Å². The monoisotopic (exact) mass is 210 g/mol. The standard InChI is InChI=1S/C11H15FN2O/c1-8-5-9(10(15)14(2)6-8)13-7-11(12)3-4-11/h5-6,13H,3-4,7H2,1-2H3. The van der Waals surface area contributed by atoms with E-state index < -0.39 is 5.67 Å². The number of aromatic nitrogens is 1. The molecule has 0 radical (unpaired) electrons. The average Bonchev–Trinajstić information content (AvgIpc) is 2.88. The fourth-order valence-electron chi connectivity index (χ4n) is 1.57. The molecule has 0 aliphatic heterocycles. The number of alkyl halides is 1. The molecule has 2 rings (SSSR count). The Kier molecular flexibility index (Phi) is 2.29. The summed E-state index contributed by atoms with van der Waals surface area (Å²) in [6, 6.07) is 1.76. The van der Waals surface area contributed by atoms with E-state index >= 15 is 0 Å². The predicted octanol–water partition coefficient (Wildman–Crippen LogP) is 1.61. The summed E-state index contributed by atoms with van der Waals surface area (Å²) in [6.45, 7) is 2.15. The minimum absolute atomic E-state index is 0.107. The molecule has 4 heteroatoms. The van der Waals surface area contributed by atoms with Crippen LogP contribution in [-0.4, -0.2) is 16.8 Å². The maximum atomic E-state index is 13.3. The number of hydrogen-bond donors (Lipinski definition) is 1. The van der Waals surface area contributed by atoms with Gasteiger partial charge in [0.15, 0.2) is 0 Å². The molecule has 1 N–H and O–H groups in total. The number of rotatable bonds is 3. The van der Waals surface area contributed by atoms with Gasteiger partial charge in [-0.05, 0) is 31.4 Å². The highest BCUT2D eigenvalue weighted by Gasteiger charge is 2.42. The van der Waals surface area contributed by atoms with E-state index in [0.717, 1.165) is 5.56 Å². The van der Waals surface area contributed by atoms with E-state index in [1.165, 1.54) is 4.57 Å². The Morgan fingerprint density at radius 1 is 1.60 bits per heavy atom. The van der Waals surface area contributed by atoms with Gasteiger partial charge in [0.2, 0.25) is 0 Å². The maximum absolute atomic E-state index is 13.3. The van der Waals surface area contributed by atoms with Crippen molar-refractivity contribution >= 4 is 5.69 Å². The van der Waals surface area contributed by atoms with Gasteiger partial charge < -0.3 is 9.88 Å². The number of aryl methyl sites for hydroxylation is 2. The lowest BCUT2D eigenvalue weighted by Crippen LogP contribution is -2.25. The summed E-state index contributed by atoms with van der Waals surface area (Å²) < 4.78 is 14.9. The first-order chi connectivity index (χ1) is 7.00. The molecule has 3 nitrogen and oxygen atoms in total. The lowest BCUT2D eigenvalue weighted by molar-refractivity contribution is 0.326. The van der Waals surface area contributed by atoms with Gasteiger partial charge in [-0.2, -0.15) is 0 Å². The topological polar surface area (TPSA) is 34.0 Å². The molecule has 0 unspecified atom stereocenters. The van der Waals surface area contributed by atoms with Crippen molar-refractivity contribution < 1.29 is 4.39 Å². The van der Waals surface area contributed by atoms with Crippen LogP contribution in [0.3, 0.4) is 0 Å². The molecular formula is C11H15FN2O. The molecule has 1 saturated carbocycles. The second kappa shape index (κ2) is 3.36. The number of nitrogens with one attached hydrogen (secondary N) is 1. The van der Waals surface area contributed by atoms with Gasteiger partial charge in [0.1, 0.15) is 11.4 Å². The summed E-state index contributed by atoms with van der Waals surface area (Å²) >= 11 is 0. The SMILES string of the molecule is Cc1cc(NCC2(F)CC2)c(=O)n(C)c1. The third-order valence-electron chi connectivity index (χ3n) is 2.71. The Hall–Kier alpha value is -1.32. The third kappa shape index (κ3) is 2.19. The molecule has 1 aliphatic carbocycles. The minimum Gasteiger partial charge on any atom is -0.377 e. The smallest absolute Gasteiger partial charge is 0.273 e. The lowest BCUT2D eigenvalue weighted by atomic mass is 10.2. The van der Waals surface area contributed by atoms with Crippen molar-refractivity contribution in [3.63, 3.8) is 0 Å². The second-order valence-electron chi connectivity index (χ2n) is 4.35. The molecule has 15 heavy (non-hydrogen) atoms. The zero-order valence-corrected chi connectivity index (χ0v) is 9.01. The van der Waals surface area contributed by atoms with Gasteiger partial charge in [-0.3, -0.25) is 4.79 Å². The van der Waals surface area contributed by atoms with E-state index in [-0.39, 0.29) is 12.1 Å². The summed E-state index contributed by atoms with van der Waals surface area (Å²) in [5.74, 6) is 0. The van der Waals surface area contributed by atoms with Gasteiger partial charge in [-0.15, -0.1) is 0 Å². The van der Waals surface area contributed by atoms with E-state index in [1.807, 2.05) is 6.92 Å². The van der Waals surface area contributed by atoms with Crippen LogP contribution in [0.2, 0.25) is 0 Å². The highest BCUT2D eigenvalue weighted by molar-refractivity contribution is 5.43. The molecule has 1 fully saturated rings. The molecular weight excluding hydrogens is 195 g/mol. The third-order valence-corrected chi connectivity index (χ3v) is 2.71. The maximum Gasteiger partial charge on any atom is 0.273 e. The summed E-state index contributed by atoms with van der Waals surface area (Å²) in [4.78, 5) is 11.6. The van der Waals surface area contributed by atoms with Crippen molar-refractivity contribution in [2.24, 2.45) is 7.05 Å². The quantitative estimate of drug-likeness (QED) is 0.822. The van der Waals surface area contributed by atoms with Gasteiger partial charge in [0.05, 0.1) is 0 Å². The van der Waals surface area contributed by atoms with Crippen molar-refractivity contribution in [2.45, 2.75) is 25.4 Å². The van der Waals surface area contributed by atoms with Crippen LogP contribution >= 0.6 is 0 Å². The zero-order chi connectivity index (χ0) is 11.1. The molecule has 0 aromatic carbocycles. The Labute approximate surface area is 87.9 Å². The second-order valence-corrected chi connectivity index (χ2v) is 4.35. The summed E-state index contributed by atoms with van der Waals surface area (Å²) in [5, 5.41) is 2.89. The number of nitrogens with zero attached hydrogens (tertiary/aromatic N) is 1. The first kappa shape index (κ1) is 10.2. The van der Waals surface area contributed by atoms with E-state index in [0.29, 0.717) is 18.5 Å². The van der Waals surface area contributed by atoms with E-state index in [4.69, 9.17) is 0 Å². The number of hydrogen-bond acceptors (Lipinski definition) is 2. The fraction of sp³-hybridized carbons (Fsp3) is 0.545. The first-order valence-electron chi connectivity index (χ1n) is 5.10. The van der Waals surface area contributed by atoms with Gasteiger partial charge in [-0.1, -0.05) is 0 Å². The van der Waals surface area contributed by atoms with E-state index in [2.05, 4.69) is 5.32 Å². The van der Waals surface area contributed by atoms with Crippen LogP contribution in [0.25, 0.3) is 0 Å². The molecule has 1 aliphatic rings. The van der Waals surface area contributed by atoms with E-state index in [1.54, 1.807) is 19.3 Å². The molecule has 1 aromatic heterocycles. The molecule has 0 saturated heterocycles. The van der Waals surface area contributed by atoms with Crippen LogP contribution in [0.4, 0.5) is 10.1 Å². The van der Waals surface area contributed by atoms with Crippen molar-refractivity contribution in [2.75, 3.05) is 11.9 Å². The van der Waals surface area contributed by atoms with Crippen LogP contribution < -0.4 is 10.9 Å². The molecule has 1 aromatic rings. The molecule has 0 amide bonds. The number of halogens is 1. The molecule has 0 atom stereocenters. The van der Waals surface area contributed by atoms with Crippen molar-refractivity contribution in [1.29, 1.82) is 0 Å². The normalized spacial score (nSPS) is 17.5. The summed E-state index contributed by atoms with van der Waals surface area (Å²) in [5.41, 5.74) is 0.295. The number of pyridine rings is 1. The first-order valence-corrected chi connectivity index (χ1v) is 5.10. The molecule has 0 bridgehead atoms. The summed E-state index contributed by atoms with van der Waals surface area (Å²) in [6.07, 6.45) is 2.97. The van der Waals surface area contributed by atoms with Crippen LogP contribution in [-0.2, 0) is 7.05 Å². The van der Waals surface area contributed by atoms with Gasteiger partial charge in [-0.25, -0.2) is 4.39 Å². The van der Waals surface area contributed by atoms with Crippen LogP contribution in [0.15, 0.2) is 17.1 Å². The Balaban J connectivity index is 2.16. The lowest BCUT2D eigenvalue weighted by Gasteiger charge is -2.10. The zero-order valence-electron chi connectivity index (χ0n) is 9.01. The van der Waals surface area contributed by atoms with Crippen LogP contribution in [0.1, 0.15) is 18.4 Å². The predicted molar refractivity (Wildman–Crippen MR) is 58.0 cm³/mol. The molecule has 82 valence electrons. The average molecular weight is 210 g/mol. The van der Waals surface area contributed by atoms with Gasteiger partial charge in [0, 0.05) is 19.8 Å².